The number of piperidine rings is 1. The van der Waals surface area contributed by atoms with Gasteiger partial charge in [0, 0.05) is 20.2 Å². The normalized spacial score (nSPS) is 30.2. The molecule has 2 saturated heterocycles. The van der Waals surface area contributed by atoms with Crippen molar-refractivity contribution in [3.63, 3.8) is 0 Å². The highest BCUT2D eigenvalue weighted by Gasteiger charge is 2.49. The molecule has 3 fully saturated rings. The summed E-state index contributed by atoms with van der Waals surface area (Å²) in [6.45, 7) is 3.00. The Morgan fingerprint density at radius 3 is 2.37 bits per heavy atom. The Hall–Kier alpha value is -1.54. The van der Waals surface area contributed by atoms with Crippen LogP contribution in [0.3, 0.4) is 0 Å². The second-order valence-electron chi connectivity index (χ2n) is 8.52. The lowest BCUT2D eigenvalue weighted by Crippen LogP contribution is -2.55. The van der Waals surface area contributed by atoms with Crippen molar-refractivity contribution in [3.05, 3.63) is 24.3 Å². The average Bonchev–Trinajstić information content (AvgIpc) is 3.16. The molecule has 2 N–H and O–H groups in total. The Bertz CT molecular complexity index is 727. The zero-order valence-electron chi connectivity index (χ0n) is 17.7. The molecule has 0 bridgehead atoms. The van der Waals surface area contributed by atoms with Crippen LogP contribution in [0.5, 0.6) is 11.5 Å². The van der Waals surface area contributed by atoms with Crippen molar-refractivity contribution in [1.82, 2.24) is 10.2 Å². The smallest absolute Gasteiger partial charge is 0.254 e. The zero-order chi connectivity index (χ0) is 20.4. The number of halogens is 1. The number of amides is 1. The summed E-state index contributed by atoms with van der Waals surface area (Å²) in [4.78, 5) is 15.3. The molecule has 2 heterocycles. The number of aliphatic hydroxyl groups excluding tert-OH is 1. The Kier molecular flexibility index (Phi) is 7.50. The topological polar surface area (TPSA) is 80.3 Å². The predicted octanol–water partition coefficient (Wildman–Crippen LogP) is 1.86. The number of carbonyl (C=O) groups is 1. The quantitative estimate of drug-likeness (QED) is 0.727. The summed E-state index contributed by atoms with van der Waals surface area (Å²) < 4.78 is 17.2. The van der Waals surface area contributed by atoms with Gasteiger partial charge in [0.05, 0.1) is 13.2 Å². The maximum absolute atomic E-state index is 13.3. The van der Waals surface area contributed by atoms with Gasteiger partial charge in [0.1, 0.15) is 11.7 Å². The number of aliphatic hydroxyl groups is 1. The molecular formula is C22H33ClN2O5. The number of methoxy groups -OCH3 is 2. The largest absolute Gasteiger partial charge is 0.493 e. The van der Waals surface area contributed by atoms with Crippen molar-refractivity contribution in [1.29, 1.82) is 0 Å². The number of fused-ring (bicyclic) bond motifs is 1. The molecule has 0 unspecified atom stereocenters. The molecule has 30 heavy (non-hydrogen) atoms. The maximum atomic E-state index is 13.3. The lowest BCUT2D eigenvalue weighted by molar-refractivity contribution is -0.157. The second-order valence-corrected chi connectivity index (χ2v) is 8.52. The van der Waals surface area contributed by atoms with Crippen molar-refractivity contribution in [2.45, 2.75) is 43.5 Å². The molecule has 1 amide bonds. The van der Waals surface area contributed by atoms with Crippen LogP contribution >= 0.6 is 12.4 Å². The van der Waals surface area contributed by atoms with Crippen LogP contribution < -0.4 is 14.8 Å². The molecule has 8 heteroatoms. The molecule has 7 nitrogen and oxygen atoms in total. The number of para-hydroxylation sites is 2. The fourth-order valence-electron chi connectivity index (χ4n) is 5.19. The molecule has 3 aliphatic rings. The van der Waals surface area contributed by atoms with E-state index in [0.29, 0.717) is 55.7 Å². The van der Waals surface area contributed by atoms with Crippen LogP contribution in [0.1, 0.15) is 25.7 Å². The van der Waals surface area contributed by atoms with E-state index in [4.69, 9.17) is 14.2 Å². The molecular weight excluding hydrogens is 408 g/mol. The number of rotatable bonds is 5. The number of hydrogen-bond acceptors (Lipinski definition) is 6. The maximum Gasteiger partial charge on any atom is 0.254 e. The van der Waals surface area contributed by atoms with Gasteiger partial charge in [0.2, 0.25) is 0 Å². The molecule has 0 spiro atoms. The Morgan fingerprint density at radius 2 is 1.73 bits per heavy atom. The number of ether oxygens (including phenoxy) is 3. The van der Waals surface area contributed by atoms with E-state index in [2.05, 4.69) is 5.32 Å². The average molecular weight is 441 g/mol. The first kappa shape index (κ1) is 23.1. The van der Waals surface area contributed by atoms with E-state index in [9.17, 15) is 9.90 Å². The molecule has 1 aromatic rings. The first-order valence-electron chi connectivity index (χ1n) is 10.6. The minimum absolute atomic E-state index is 0. The van der Waals surface area contributed by atoms with Gasteiger partial charge in [-0.1, -0.05) is 12.1 Å². The third-order valence-corrected chi connectivity index (χ3v) is 6.91. The standard InChI is InChI=1S/C22H32N2O5.ClH/c1-27-18-5-3-4-6-19(18)29-20-12-16-14-24(13-15(16)11-17(20)25)21(26)22(28-2)7-9-23-10-8-22;/h3-6,15-17,20,23,25H,7-14H2,1-2H3;1H/t15-,16+,17+,20+;/m0./s1. The fourth-order valence-corrected chi connectivity index (χ4v) is 5.19. The first-order valence-corrected chi connectivity index (χ1v) is 10.6. The van der Waals surface area contributed by atoms with Crippen molar-refractivity contribution >= 4 is 18.3 Å². The van der Waals surface area contributed by atoms with E-state index in [-0.39, 0.29) is 24.4 Å². The summed E-state index contributed by atoms with van der Waals surface area (Å²) in [5, 5.41) is 14.0. The van der Waals surface area contributed by atoms with Crippen molar-refractivity contribution in [2.24, 2.45) is 11.8 Å². The number of carbonyl (C=O) groups excluding carboxylic acids is 1. The predicted molar refractivity (Wildman–Crippen MR) is 115 cm³/mol. The SMILES string of the molecule is COc1ccccc1O[C@@H]1C[C@@H]2CN(C(=O)C3(OC)CCNCC3)C[C@@H]2C[C@H]1O.Cl. The summed E-state index contributed by atoms with van der Waals surface area (Å²) in [6.07, 6.45) is 1.95. The molecule has 2 aliphatic heterocycles. The summed E-state index contributed by atoms with van der Waals surface area (Å²) >= 11 is 0. The minimum atomic E-state index is -0.704. The van der Waals surface area contributed by atoms with Crippen LogP contribution in [0.25, 0.3) is 0 Å². The van der Waals surface area contributed by atoms with E-state index in [1.807, 2.05) is 29.2 Å². The first-order chi connectivity index (χ1) is 14.1. The number of nitrogens with zero attached hydrogens (tertiary/aromatic N) is 1. The number of nitrogens with one attached hydrogen (secondary N) is 1. The monoisotopic (exact) mass is 440 g/mol. The van der Waals surface area contributed by atoms with Gasteiger partial charge in [-0.25, -0.2) is 0 Å². The molecule has 1 aromatic carbocycles. The molecule has 0 aromatic heterocycles. The molecule has 1 aliphatic carbocycles. The van der Waals surface area contributed by atoms with Crippen LogP contribution in [0.15, 0.2) is 24.3 Å². The number of benzene rings is 1. The summed E-state index contributed by atoms with van der Waals surface area (Å²) in [6, 6.07) is 7.51. The van der Waals surface area contributed by atoms with Crippen LogP contribution in [-0.2, 0) is 9.53 Å². The van der Waals surface area contributed by atoms with Gasteiger partial charge in [-0.05, 0) is 62.7 Å². The van der Waals surface area contributed by atoms with E-state index in [1.54, 1.807) is 14.2 Å². The highest BCUT2D eigenvalue weighted by Crippen LogP contribution is 2.40. The van der Waals surface area contributed by atoms with Crippen molar-refractivity contribution in [3.8, 4) is 11.5 Å². The summed E-state index contributed by atoms with van der Waals surface area (Å²) in [5.74, 6) is 2.06. The van der Waals surface area contributed by atoms with Crippen LogP contribution in [-0.4, -0.2) is 74.1 Å². The lowest BCUT2D eigenvalue weighted by atomic mass is 9.78. The summed E-state index contributed by atoms with van der Waals surface area (Å²) in [5.41, 5.74) is -0.704. The number of hydrogen-bond donors (Lipinski definition) is 2. The van der Waals surface area contributed by atoms with E-state index < -0.39 is 11.7 Å². The molecule has 168 valence electrons. The van der Waals surface area contributed by atoms with Gasteiger partial charge in [0.15, 0.2) is 11.5 Å². The molecule has 1 saturated carbocycles. The van der Waals surface area contributed by atoms with Gasteiger partial charge in [-0.15, -0.1) is 12.4 Å². The van der Waals surface area contributed by atoms with Gasteiger partial charge in [0.25, 0.3) is 5.91 Å². The summed E-state index contributed by atoms with van der Waals surface area (Å²) in [7, 11) is 3.26. The lowest BCUT2D eigenvalue weighted by Gasteiger charge is -2.37. The third kappa shape index (κ3) is 4.40. The zero-order valence-corrected chi connectivity index (χ0v) is 18.5. The van der Waals surface area contributed by atoms with E-state index in [1.165, 1.54) is 0 Å². The van der Waals surface area contributed by atoms with Crippen molar-refractivity contribution in [2.75, 3.05) is 40.4 Å². The third-order valence-electron chi connectivity index (χ3n) is 6.91. The van der Waals surface area contributed by atoms with E-state index in [0.717, 1.165) is 19.5 Å². The molecule has 4 rings (SSSR count). The Balaban J connectivity index is 0.00000256. The minimum Gasteiger partial charge on any atom is -0.493 e. The van der Waals surface area contributed by atoms with Gasteiger partial charge < -0.3 is 29.5 Å². The fraction of sp³-hybridized carbons (Fsp3) is 0.682. The van der Waals surface area contributed by atoms with Crippen LogP contribution in [0.2, 0.25) is 0 Å². The Labute approximate surface area is 184 Å². The van der Waals surface area contributed by atoms with Crippen LogP contribution in [0.4, 0.5) is 0 Å². The molecule has 0 radical (unpaired) electrons. The highest BCUT2D eigenvalue weighted by atomic mass is 35.5. The second kappa shape index (κ2) is 9.73. The van der Waals surface area contributed by atoms with Crippen LogP contribution in [0, 0.1) is 11.8 Å². The number of likely N-dealkylation sites (tertiary alicyclic amines) is 1. The molecule has 4 atom stereocenters. The van der Waals surface area contributed by atoms with E-state index >= 15 is 0 Å². The van der Waals surface area contributed by atoms with Crippen molar-refractivity contribution < 1.29 is 24.1 Å². The Morgan fingerprint density at radius 1 is 1.10 bits per heavy atom. The van der Waals surface area contributed by atoms with Gasteiger partial charge in [-0.2, -0.15) is 0 Å². The highest BCUT2D eigenvalue weighted by molar-refractivity contribution is 5.86. The van der Waals surface area contributed by atoms with Gasteiger partial charge >= 0.3 is 0 Å². The van der Waals surface area contributed by atoms with Gasteiger partial charge in [-0.3, -0.25) is 4.79 Å².